The Labute approximate surface area is 82.2 Å². The number of hydrogen-bond acceptors (Lipinski definition) is 4. The first-order valence-corrected chi connectivity index (χ1v) is 4.93. The summed E-state index contributed by atoms with van der Waals surface area (Å²) in [5.41, 5.74) is 1.06. The van der Waals surface area contributed by atoms with E-state index in [1.54, 1.807) is 18.4 Å². The molecule has 0 N–H and O–H groups in total. The molecule has 13 heavy (non-hydrogen) atoms. The third kappa shape index (κ3) is 3.87. The monoisotopic (exact) mass is 201 g/mol. The number of hydrogen-bond donors (Lipinski definition) is 0. The van der Waals surface area contributed by atoms with Crippen LogP contribution in [0.2, 0.25) is 0 Å². The maximum absolute atomic E-state index is 5.03. The molecule has 4 heteroatoms. The van der Waals surface area contributed by atoms with Crippen LogP contribution in [0.4, 0.5) is 0 Å². The molecule has 1 radical (unpaired) electrons. The summed E-state index contributed by atoms with van der Waals surface area (Å²) < 4.78 is 4.80. The van der Waals surface area contributed by atoms with Gasteiger partial charge in [-0.25, -0.2) is 9.78 Å². The Hall–Kier alpha value is -0.420. The summed E-state index contributed by atoms with van der Waals surface area (Å²) in [7, 11) is 1.62. The maximum atomic E-state index is 5.03. The van der Waals surface area contributed by atoms with Crippen LogP contribution in [-0.4, -0.2) is 20.3 Å². The minimum Gasteiger partial charge on any atom is -0.382 e. The van der Waals surface area contributed by atoms with Gasteiger partial charge in [-0.05, 0) is 23.8 Å². The third-order valence-corrected chi connectivity index (χ3v) is 2.17. The standard InChI is InChI=1S/C9H13O3S/c1-8(9-3-6-13-7-9)12-11-5-4-10-2/h3,6-7H,4-5H2,1-2H3. The van der Waals surface area contributed by atoms with Crippen molar-refractivity contribution < 1.29 is 14.5 Å². The van der Waals surface area contributed by atoms with E-state index in [0.29, 0.717) is 13.2 Å². The summed E-state index contributed by atoms with van der Waals surface area (Å²) in [6, 6.07) is 1.99. The average molecular weight is 201 g/mol. The molecule has 0 saturated carbocycles. The van der Waals surface area contributed by atoms with Gasteiger partial charge in [0.1, 0.15) is 6.61 Å². The van der Waals surface area contributed by atoms with E-state index >= 15 is 0 Å². The molecule has 0 spiro atoms. The fourth-order valence-corrected chi connectivity index (χ4v) is 1.46. The lowest BCUT2D eigenvalue weighted by molar-refractivity contribution is -0.284. The third-order valence-electron chi connectivity index (χ3n) is 1.48. The summed E-state index contributed by atoms with van der Waals surface area (Å²) in [5, 5.41) is 4.01. The van der Waals surface area contributed by atoms with Crippen LogP contribution in [0, 0.1) is 6.10 Å². The zero-order valence-electron chi connectivity index (χ0n) is 7.78. The molecule has 0 aliphatic heterocycles. The van der Waals surface area contributed by atoms with Crippen LogP contribution in [0.3, 0.4) is 0 Å². The van der Waals surface area contributed by atoms with E-state index in [-0.39, 0.29) is 0 Å². The Morgan fingerprint density at radius 1 is 1.46 bits per heavy atom. The van der Waals surface area contributed by atoms with Gasteiger partial charge in [-0.1, -0.05) is 0 Å². The molecule has 0 atom stereocenters. The molecule has 0 aromatic carbocycles. The van der Waals surface area contributed by atoms with E-state index in [2.05, 4.69) is 0 Å². The summed E-state index contributed by atoms with van der Waals surface area (Å²) in [5.74, 6) is 0. The highest BCUT2D eigenvalue weighted by Gasteiger charge is 2.07. The van der Waals surface area contributed by atoms with Gasteiger partial charge < -0.3 is 4.74 Å². The van der Waals surface area contributed by atoms with Crippen molar-refractivity contribution in [3.8, 4) is 0 Å². The Morgan fingerprint density at radius 2 is 2.31 bits per heavy atom. The predicted octanol–water partition coefficient (Wildman–Crippen LogP) is 2.24. The van der Waals surface area contributed by atoms with Gasteiger partial charge in [-0.15, -0.1) is 0 Å². The average Bonchev–Trinajstić information content (AvgIpc) is 2.65. The van der Waals surface area contributed by atoms with Gasteiger partial charge in [0.25, 0.3) is 0 Å². The Kier molecular flexibility index (Phi) is 5.00. The van der Waals surface area contributed by atoms with Crippen LogP contribution < -0.4 is 0 Å². The molecule has 3 nitrogen and oxygen atoms in total. The fourth-order valence-electron chi connectivity index (χ4n) is 0.760. The molecule has 0 saturated heterocycles. The van der Waals surface area contributed by atoms with Crippen molar-refractivity contribution in [3.05, 3.63) is 28.5 Å². The lowest BCUT2D eigenvalue weighted by Gasteiger charge is -2.08. The normalized spacial score (nSPS) is 11.0. The molecule has 0 amide bonds. The minimum absolute atomic E-state index is 0.442. The predicted molar refractivity (Wildman–Crippen MR) is 51.3 cm³/mol. The van der Waals surface area contributed by atoms with Gasteiger partial charge in [0.15, 0.2) is 6.10 Å². The van der Waals surface area contributed by atoms with Gasteiger partial charge in [-0.3, -0.25) is 0 Å². The second-order valence-corrected chi connectivity index (χ2v) is 3.25. The molecule has 0 unspecified atom stereocenters. The summed E-state index contributed by atoms with van der Waals surface area (Å²) in [6.07, 6.45) is 0.775. The van der Waals surface area contributed by atoms with Crippen molar-refractivity contribution in [2.45, 2.75) is 6.92 Å². The van der Waals surface area contributed by atoms with Crippen molar-refractivity contribution in [3.63, 3.8) is 0 Å². The Balaban J connectivity index is 2.15. The van der Waals surface area contributed by atoms with E-state index in [1.165, 1.54) is 0 Å². The van der Waals surface area contributed by atoms with Crippen molar-refractivity contribution in [1.82, 2.24) is 0 Å². The van der Waals surface area contributed by atoms with Crippen LogP contribution in [0.1, 0.15) is 12.5 Å². The van der Waals surface area contributed by atoms with Crippen molar-refractivity contribution in [2.24, 2.45) is 0 Å². The van der Waals surface area contributed by atoms with Crippen molar-refractivity contribution in [2.75, 3.05) is 20.3 Å². The second-order valence-electron chi connectivity index (χ2n) is 2.47. The first-order chi connectivity index (χ1) is 6.34. The van der Waals surface area contributed by atoms with E-state index < -0.39 is 0 Å². The highest BCUT2D eigenvalue weighted by Crippen LogP contribution is 2.18. The molecular weight excluding hydrogens is 188 g/mol. The number of methoxy groups -OCH3 is 1. The summed E-state index contributed by atoms with van der Waals surface area (Å²) >= 11 is 1.63. The molecule has 1 rings (SSSR count). The fraction of sp³-hybridized carbons (Fsp3) is 0.444. The smallest absolute Gasteiger partial charge is 0.162 e. The Morgan fingerprint density at radius 3 is 2.92 bits per heavy atom. The van der Waals surface area contributed by atoms with Crippen LogP contribution in [0.5, 0.6) is 0 Å². The van der Waals surface area contributed by atoms with Crippen molar-refractivity contribution >= 4 is 11.3 Å². The molecule has 1 aromatic heterocycles. The van der Waals surface area contributed by atoms with Gasteiger partial charge in [-0.2, -0.15) is 11.3 Å². The van der Waals surface area contributed by atoms with E-state index in [0.717, 1.165) is 11.7 Å². The van der Waals surface area contributed by atoms with Crippen LogP contribution >= 0.6 is 11.3 Å². The molecule has 1 aromatic rings. The largest absolute Gasteiger partial charge is 0.382 e. The lowest BCUT2D eigenvalue weighted by Crippen LogP contribution is -2.06. The van der Waals surface area contributed by atoms with Crippen LogP contribution in [-0.2, 0) is 14.5 Å². The van der Waals surface area contributed by atoms with E-state index in [1.807, 2.05) is 23.8 Å². The summed E-state index contributed by atoms with van der Waals surface area (Å²) in [6.45, 7) is 2.85. The topological polar surface area (TPSA) is 27.7 Å². The molecule has 73 valence electrons. The van der Waals surface area contributed by atoms with Gasteiger partial charge >= 0.3 is 0 Å². The zero-order chi connectivity index (χ0) is 9.52. The summed E-state index contributed by atoms with van der Waals surface area (Å²) in [4.78, 5) is 9.93. The molecule has 1 heterocycles. The number of thiophene rings is 1. The highest BCUT2D eigenvalue weighted by molar-refractivity contribution is 7.08. The molecular formula is C9H13O3S. The molecule has 0 aliphatic carbocycles. The first-order valence-electron chi connectivity index (χ1n) is 3.99. The van der Waals surface area contributed by atoms with Gasteiger partial charge in [0.2, 0.25) is 0 Å². The number of rotatable bonds is 6. The molecule has 0 bridgehead atoms. The minimum atomic E-state index is 0.442. The SMILES string of the molecule is COCCOO[C](C)c1ccsc1. The zero-order valence-corrected chi connectivity index (χ0v) is 8.60. The van der Waals surface area contributed by atoms with Crippen molar-refractivity contribution in [1.29, 1.82) is 0 Å². The second kappa shape index (κ2) is 6.10. The Bertz CT molecular complexity index is 211. The van der Waals surface area contributed by atoms with Gasteiger partial charge in [0, 0.05) is 12.7 Å². The molecule has 0 aliphatic rings. The van der Waals surface area contributed by atoms with E-state index in [9.17, 15) is 0 Å². The van der Waals surface area contributed by atoms with E-state index in [4.69, 9.17) is 14.5 Å². The quantitative estimate of drug-likeness (QED) is 0.401. The van der Waals surface area contributed by atoms with Crippen LogP contribution in [0.15, 0.2) is 16.8 Å². The maximum Gasteiger partial charge on any atom is 0.162 e. The first kappa shape index (κ1) is 10.7. The highest BCUT2D eigenvalue weighted by atomic mass is 32.1. The number of ether oxygens (including phenoxy) is 1. The lowest BCUT2D eigenvalue weighted by atomic mass is 10.2. The van der Waals surface area contributed by atoms with Crippen LogP contribution in [0.25, 0.3) is 0 Å². The van der Waals surface area contributed by atoms with Gasteiger partial charge in [0.05, 0.1) is 6.61 Å². The molecule has 0 fully saturated rings.